The van der Waals surface area contributed by atoms with Crippen molar-refractivity contribution in [3.05, 3.63) is 110 Å². The molecular formula is C26H23ClN4OS. The number of rotatable bonds is 4. The number of aryl methyl sites for hydroxylation is 3. The third-order valence-electron chi connectivity index (χ3n) is 6.23. The number of imidazole rings is 1. The molecule has 2 aromatic carbocycles. The Morgan fingerprint density at radius 3 is 2.36 bits per heavy atom. The first-order chi connectivity index (χ1) is 15.8. The summed E-state index contributed by atoms with van der Waals surface area (Å²) in [4.78, 5) is 19.3. The molecule has 0 aliphatic heterocycles. The van der Waals surface area contributed by atoms with E-state index in [-0.39, 0.29) is 5.56 Å². The molecule has 166 valence electrons. The fourth-order valence-electron chi connectivity index (χ4n) is 4.40. The number of hydrogen-bond acceptors (Lipinski definition) is 4. The fourth-order valence-corrected chi connectivity index (χ4v) is 5.43. The molecule has 7 heteroatoms. The molecule has 3 heterocycles. The van der Waals surface area contributed by atoms with Gasteiger partial charge >= 0.3 is 0 Å². The van der Waals surface area contributed by atoms with Crippen LogP contribution < -0.4 is 11.3 Å². The molecule has 0 aliphatic rings. The number of nitrogens with zero attached hydrogens (tertiary/aromatic N) is 3. The molecule has 0 fully saturated rings. The van der Waals surface area contributed by atoms with Crippen LogP contribution in [0.5, 0.6) is 0 Å². The Hall–Kier alpha value is -3.19. The van der Waals surface area contributed by atoms with E-state index in [4.69, 9.17) is 17.3 Å². The van der Waals surface area contributed by atoms with Crippen molar-refractivity contribution in [1.82, 2.24) is 14.1 Å². The number of nitrogens with two attached hydrogens (primary N) is 1. The molecule has 1 atom stereocenters. The zero-order valence-electron chi connectivity index (χ0n) is 18.5. The Morgan fingerprint density at radius 2 is 1.73 bits per heavy atom. The molecule has 5 aromatic rings. The van der Waals surface area contributed by atoms with Gasteiger partial charge in [0.05, 0.1) is 23.7 Å². The summed E-state index contributed by atoms with van der Waals surface area (Å²) in [6, 6.07) is 19.5. The minimum Gasteiger partial charge on any atom is -0.336 e. The highest BCUT2D eigenvalue weighted by molar-refractivity contribution is 7.15. The van der Waals surface area contributed by atoms with Gasteiger partial charge in [0.25, 0.3) is 5.56 Å². The molecule has 0 aliphatic carbocycles. The summed E-state index contributed by atoms with van der Waals surface area (Å²) in [5, 5.41) is 1.62. The molecule has 0 radical (unpaired) electrons. The van der Waals surface area contributed by atoms with Crippen LogP contribution in [0.3, 0.4) is 0 Å². The predicted octanol–water partition coefficient (Wildman–Crippen LogP) is 5.21. The standard InChI is InChI=1S/C26H23ClN4OS/c1-16-4-11-23(33-16)21-13-25(32)31(3)22-10-7-18(12-20(21)22)26(28,24-14-29-15-30(24)2)17-5-8-19(27)9-6-17/h4-15H,28H2,1-3H3. The molecule has 0 bridgehead atoms. The number of hydrogen-bond donors (Lipinski definition) is 1. The van der Waals surface area contributed by atoms with E-state index in [1.165, 1.54) is 4.88 Å². The van der Waals surface area contributed by atoms with E-state index < -0.39 is 5.54 Å². The van der Waals surface area contributed by atoms with Crippen molar-refractivity contribution in [2.24, 2.45) is 19.8 Å². The highest BCUT2D eigenvalue weighted by atomic mass is 35.5. The molecular weight excluding hydrogens is 452 g/mol. The van der Waals surface area contributed by atoms with Crippen LogP contribution in [-0.2, 0) is 19.6 Å². The summed E-state index contributed by atoms with van der Waals surface area (Å²) in [6.45, 7) is 2.07. The van der Waals surface area contributed by atoms with Crippen LogP contribution in [-0.4, -0.2) is 14.1 Å². The quantitative estimate of drug-likeness (QED) is 0.388. The SMILES string of the molecule is Cc1ccc(-c2cc(=O)n(C)c3ccc(C(N)(c4ccc(Cl)cc4)c4cncn4C)cc23)s1. The summed E-state index contributed by atoms with van der Waals surface area (Å²) in [5.74, 6) is 0. The molecule has 0 spiro atoms. The molecule has 3 aromatic heterocycles. The van der Waals surface area contributed by atoms with Crippen LogP contribution in [0.4, 0.5) is 0 Å². The first kappa shape index (κ1) is 21.6. The lowest BCUT2D eigenvalue weighted by Crippen LogP contribution is -2.41. The van der Waals surface area contributed by atoms with Gasteiger partial charge in [0.15, 0.2) is 0 Å². The second-order valence-electron chi connectivity index (χ2n) is 8.30. The largest absolute Gasteiger partial charge is 0.336 e. The van der Waals surface area contributed by atoms with Gasteiger partial charge in [-0.3, -0.25) is 4.79 Å². The van der Waals surface area contributed by atoms with Gasteiger partial charge in [0.1, 0.15) is 5.54 Å². The number of benzene rings is 2. The molecule has 33 heavy (non-hydrogen) atoms. The molecule has 5 nitrogen and oxygen atoms in total. The zero-order chi connectivity index (χ0) is 23.3. The van der Waals surface area contributed by atoms with Crippen molar-refractivity contribution < 1.29 is 0 Å². The average Bonchev–Trinajstić information content (AvgIpc) is 3.44. The smallest absolute Gasteiger partial charge is 0.251 e. The van der Waals surface area contributed by atoms with Gasteiger partial charge in [-0.2, -0.15) is 0 Å². The van der Waals surface area contributed by atoms with Gasteiger partial charge in [-0.15, -0.1) is 11.3 Å². The van der Waals surface area contributed by atoms with E-state index in [9.17, 15) is 4.79 Å². The van der Waals surface area contributed by atoms with E-state index in [2.05, 4.69) is 30.1 Å². The molecule has 2 N–H and O–H groups in total. The summed E-state index contributed by atoms with van der Waals surface area (Å²) in [5.41, 5.74) is 10.6. The first-order valence-corrected chi connectivity index (χ1v) is 11.7. The number of halogens is 1. The highest BCUT2D eigenvalue weighted by Crippen LogP contribution is 2.38. The van der Waals surface area contributed by atoms with Crippen molar-refractivity contribution in [1.29, 1.82) is 0 Å². The number of pyridine rings is 1. The molecule has 5 rings (SSSR count). The van der Waals surface area contributed by atoms with E-state index in [1.807, 2.05) is 48.0 Å². The van der Waals surface area contributed by atoms with Crippen molar-refractivity contribution in [2.75, 3.05) is 0 Å². The number of thiophene rings is 1. The minimum absolute atomic E-state index is 0.0420. The maximum atomic E-state index is 12.7. The maximum Gasteiger partial charge on any atom is 0.251 e. The number of aromatic nitrogens is 3. The Kier molecular flexibility index (Phi) is 5.24. The normalized spacial score (nSPS) is 13.4. The van der Waals surface area contributed by atoms with Crippen LogP contribution in [0.2, 0.25) is 5.02 Å². The summed E-state index contributed by atoms with van der Waals surface area (Å²) in [6.07, 6.45) is 3.54. The lowest BCUT2D eigenvalue weighted by molar-refractivity contribution is 0.596. The average molecular weight is 475 g/mol. The third kappa shape index (κ3) is 3.51. The second kappa shape index (κ2) is 7.99. The second-order valence-corrected chi connectivity index (χ2v) is 10.0. The molecule has 0 saturated carbocycles. The monoisotopic (exact) mass is 474 g/mol. The van der Waals surface area contributed by atoms with E-state index in [1.54, 1.807) is 41.5 Å². The van der Waals surface area contributed by atoms with Crippen LogP contribution in [0.25, 0.3) is 21.3 Å². The van der Waals surface area contributed by atoms with Gasteiger partial charge in [-0.05, 0) is 54.4 Å². The van der Waals surface area contributed by atoms with Crippen molar-refractivity contribution >= 4 is 33.8 Å². The topological polar surface area (TPSA) is 65.8 Å². The zero-order valence-corrected chi connectivity index (χ0v) is 20.1. The summed E-state index contributed by atoms with van der Waals surface area (Å²) < 4.78 is 3.61. The van der Waals surface area contributed by atoms with Crippen LogP contribution in [0, 0.1) is 6.92 Å². The van der Waals surface area contributed by atoms with E-state index >= 15 is 0 Å². The Bertz CT molecular complexity index is 1550. The fraction of sp³-hybridized carbons (Fsp3) is 0.154. The minimum atomic E-state index is -0.971. The van der Waals surface area contributed by atoms with Crippen LogP contribution in [0.15, 0.2) is 78.0 Å². The van der Waals surface area contributed by atoms with Crippen molar-refractivity contribution in [3.63, 3.8) is 0 Å². The predicted molar refractivity (Wildman–Crippen MR) is 136 cm³/mol. The number of fused-ring (bicyclic) bond motifs is 1. The van der Waals surface area contributed by atoms with Gasteiger partial charge in [-0.1, -0.05) is 29.8 Å². The van der Waals surface area contributed by atoms with Gasteiger partial charge in [0, 0.05) is 45.9 Å². The first-order valence-electron chi connectivity index (χ1n) is 10.5. The Morgan fingerprint density at radius 1 is 1.00 bits per heavy atom. The Labute approximate surface area is 200 Å². The van der Waals surface area contributed by atoms with E-state index in [0.29, 0.717) is 5.02 Å². The van der Waals surface area contributed by atoms with E-state index in [0.717, 1.165) is 38.2 Å². The summed E-state index contributed by atoms with van der Waals surface area (Å²) >= 11 is 7.85. The van der Waals surface area contributed by atoms with Crippen LogP contribution in [0.1, 0.15) is 21.7 Å². The highest BCUT2D eigenvalue weighted by Gasteiger charge is 2.35. The van der Waals surface area contributed by atoms with Gasteiger partial charge < -0.3 is 14.9 Å². The van der Waals surface area contributed by atoms with Gasteiger partial charge in [-0.25, -0.2) is 4.98 Å². The van der Waals surface area contributed by atoms with Crippen LogP contribution >= 0.6 is 22.9 Å². The maximum absolute atomic E-state index is 12.7. The lowest BCUT2D eigenvalue weighted by atomic mass is 9.80. The van der Waals surface area contributed by atoms with Gasteiger partial charge in [0.2, 0.25) is 0 Å². The lowest BCUT2D eigenvalue weighted by Gasteiger charge is -2.31. The third-order valence-corrected chi connectivity index (χ3v) is 7.51. The molecule has 0 amide bonds. The molecule has 0 saturated heterocycles. The Balaban J connectivity index is 1.83. The van der Waals surface area contributed by atoms with Crippen molar-refractivity contribution in [3.8, 4) is 10.4 Å². The van der Waals surface area contributed by atoms with Crippen molar-refractivity contribution in [2.45, 2.75) is 12.5 Å². The summed E-state index contributed by atoms with van der Waals surface area (Å²) in [7, 11) is 3.73. The molecule has 1 unspecified atom stereocenters.